The molecule has 0 bridgehead atoms. The highest BCUT2D eigenvalue weighted by Crippen LogP contribution is 2.27. The van der Waals surface area contributed by atoms with Crippen LogP contribution in [0.1, 0.15) is 5.56 Å². The zero-order valence-corrected chi connectivity index (χ0v) is 9.94. The van der Waals surface area contributed by atoms with Crippen LogP contribution in [-0.4, -0.2) is 17.0 Å². The maximum atomic E-state index is 4.36. The van der Waals surface area contributed by atoms with Crippen molar-refractivity contribution in [2.45, 2.75) is 15.9 Å². The van der Waals surface area contributed by atoms with E-state index in [0.717, 1.165) is 15.9 Å². The average Bonchev–Trinajstić information content (AvgIpc) is 2.74. The minimum absolute atomic E-state index is 0.856. The van der Waals surface area contributed by atoms with Crippen LogP contribution in [0.15, 0.2) is 39.3 Å². The molecule has 2 heterocycles. The van der Waals surface area contributed by atoms with E-state index in [2.05, 4.69) is 21.4 Å². The van der Waals surface area contributed by atoms with Gasteiger partial charge in [-0.2, -0.15) is 0 Å². The van der Waals surface area contributed by atoms with E-state index in [9.17, 15) is 0 Å². The van der Waals surface area contributed by atoms with E-state index in [0.29, 0.717) is 0 Å². The second-order valence-corrected chi connectivity index (χ2v) is 5.10. The molecule has 0 spiro atoms. The highest BCUT2D eigenvalue weighted by molar-refractivity contribution is 8.00. The smallest absolute Gasteiger partial charge is 0.156 e. The molecule has 5 heteroatoms. The number of hydrogen-bond donors (Lipinski definition) is 1. The fourth-order valence-electron chi connectivity index (χ4n) is 1.13. The van der Waals surface area contributed by atoms with Gasteiger partial charge in [0.05, 0.1) is 0 Å². The van der Waals surface area contributed by atoms with Crippen molar-refractivity contribution in [3.8, 4) is 0 Å². The van der Waals surface area contributed by atoms with Crippen LogP contribution in [-0.2, 0) is 6.54 Å². The van der Waals surface area contributed by atoms with Crippen LogP contribution in [0.2, 0.25) is 0 Å². The molecule has 0 aliphatic rings. The predicted molar refractivity (Wildman–Crippen MR) is 63.2 cm³/mol. The summed E-state index contributed by atoms with van der Waals surface area (Å²) in [6.45, 7) is 0.856. The van der Waals surface area contributed by atoms with Crippen molar-refractivity contribution in [2.75, 3.05) is 7.05 Å². The molecule has 2 rings (SSSR count). The molecule has 0 saturated carbocycles. The fourth-order valence-corrected chi connectivity index (χ4v) is 2.64. The lowest BCUT2D eigenvalue weighted by Gasteiger charge is -2.00. The predicted octanol–water partition coefficient (Wildman–Crippen LogP) is 2.41. The van der Waals surface area contributed by atoms with Crippen LogP contribution in [0, 0.1) is 0 Å². The molecule has 0 fully saturated rings. The Labute approximate surface area is 97.0 Å². The Kier molecular flexibility index (Phi) is 3.71. The van der Waals surface area contributed by atoms with Gasteiger partial charge in [-0.15, -0.1) is 11.3 Å². The molecule has 0 atom stereocenters. The lowest BCUT2D eigenvalue weighted by molar-refractivity contribution is 0.809. The molecule has 0 unspecified atom stereocenters. The Morgan fingerprint density at radius 2 is 2.33 bits per heavy atom. The second-order valence-electron chi connectivity index (χ2n) is 2.94. The molecule has 2 aromatic heterocycles. The Balaban J connectivity index is 2.04. The lowest BCUT2D eigenvalue weighted by Crippen LogP contribution is -2.04. The van der Waals surface area contributed by atoms with Gasteiger partial charge in [0.2, 0.25) is 0 Å². The molecule has 78 valence electrons. The minimum atomic E-state index is 0.856. The quantitative estimate of drug-likeness (QED) is 0.886. The van der Waals surface area contributed by atoms with Crippen LogP contribution in [0.25, 0.3) is 0 Å². The fraction of sp³-hybridized carbons (Fsp3) is 0.200. The van der Waals surface area contributed by atoms with Gasteiger partial charge >= 0.3 is 0 Å². The number of nitrogens with zero attached hydrogens (tertiary/aromatic N) is 2. The van der Waals surface area contributed by atoms with Crippen LogP contribution < -0.4 is 5.32 Å². The molecule has 0 aliphatic carbocycles. The number of thiazole rings is 1. The molecule has 1 N–H and O–H groups in total. The summed E-state index contributed by atoms with van der Waals surface area (Å²) in [4.78, 5) is 8.56. The van der Waals surface area contributed by atoms with Crippen LogP contribution in [0.4, 0.5) is 0 Å². The van der Waals surface area contributed by atoms with Gasteiger partial charge in [0.1, 0.15) is 5.03 Å². The van der Waals surface area contributed by atoms with E-state index in [1.807, 2.05) is 30.9 Å². The van der Waals surface area contributed by atoms with Crippen molar-refractivity contribution in [1.82, 2.24) is 15.3 Å². The molecule has 0 aromatic carbocycles. The first-order chi connectivity index (χ1) is 7.38. The Morgan fingerprint density at radius 3 is 2.93 bits per heavy atom. The normalized spacial score (nSPS) is 10.5. The van der Waals surface area contributed by atoms with Crippen LogP contribution in [0.3, 0.4) is 0 Å². The van der Waals surface area contributed by atoms with Gasteiger partial charge in [0.15, 0.2) is 4.34 Å². The molecule has 3 nitrogen and oxygen atoms in total. The van der Waals surface area contributed by atoms with Crippen molar-refractivity contribution in [2.24, 2.45) is 0 Å². The number of pyridine rings is 1. The van der Waals surface area contributed by atoms with Gasteiger partial charge in [-0.1, -0.05) is 6.07 Å². The molecule has 0 saturated heterocycles. The maximum absolute atomic E-state index is 4.36. The maximum Gasteiger partial charge on any atom is 0.156 e. The topological polar surface area (TPSA) is 37.8 Å². The van der Waals surface area contributed by atoms with Gasteiger partial charge in [-0.05, 0) is 30.4 Å². The van der Waals surface area contributed by atoms with Crippen molar-refractivity contribution in [3.05, 3.63) is 35.5 Å². The third-order valence-electron chi connectivity index (χ3n) is 1.78. The third-order valence-corrected chi connectivity index (χ3v) is 3.61. The van der Waals surface area contributed by atoms with E-state index in [4.69, 9.17) is 0 Å². The number of rotatable bonds is 4. The zero-order chi connectivity index (χ0) is 10.5. The van der Waals surface area contributed by atoms with Crippen molar-refractivity contribution in [1.29, 1.82) is 0 Å². The van der Waals surface area contributed by atoms with Crippen molar-refractivity contribution < 1.29 is 0 Å². The summed E-state index contributed by atoms with van der Waals surface area (Å²) < 4.78 is 1.03. The van der Waals surface area contributed by atoms with Gasteiger partial charge in [0.25, 0.3) is 0 Å². The summed E-state index contributed by atoms with van der Waals surface area (Å²) in [5.74, 6) is 0. The van der Waals surface area contributed by atoms with Gasteiger partial charge in [0, 0.05) is 24.3 Å². The molecule has 0 amide bonds. The second kappa shape index (κ2) is 5.25. The zero-order valence-electron chi connectivity index (χ0n) is 8.30. The highest BCUT2D eigenvalue weighted by atomic mass is 32.2. The lowest BCUT2D eigenvalue weighted by atomic mass is 10.3. The summed E-state index contributed by atoms with van der Waals surface area (Å²) >= 11 is 3.23. The summed E-state index contributed by atoms with van der Waals surface area (Å²) in [5, 5.41) is 6.05. The van der Waals surface area contributed by atoms with E-state index in [1.54, 1.807) is 23.1 Å². The first-order valence-electron chi connectivity index (χ1n) is 4.55. The first-order valence-corrected chi connectivity index (χ1v) is 6.25. The van der Waals surface area contributed by atoms with E-state index >= 15 is 0 Å². The van der Waals surface area contributed by atoms with E-state index in [1.165, 1.54) is 5.56 Å². The number of nitrogens with one attached hydrogen (secondary N) is 1. The number of hydrogen-bond acceptors (Lipinski definition) is 5. The summed E-state index contributed by atoms with van der Waals surface area (Å²) in [5.41, 5.74) is 1.20. The Bertz CT molecular complexity index is 397. The molecule has 2 aromatic rings. The largest absolute Gasteiger partial charge is 0.316 e. The highest BCUT2D eigenvalue weighted by Gasteiger charge is 2.00. The summed E-state index contributed by atoms with van der Waals surface area (Å²) in [6.07, 6.45) is 3.70. The SMILES string of the molecule is CNCc1ccc(Sc2nccs2)nc1. The molecular weight excluding hydrogens is 226 g/mol. The number of aromatic nitrogens is 2. The first kappa shape index (κ1) is 10.6. The van der Waals surface area contributed by atoms with Gasteiger partial charge in [-0.3, -0.25) is 0 Å². The monoisotopic (exact) mass is 237 g/mol. The summed E-state index contributed by atoms with van der Waals surface area (Å²) in [6, 6.07) is 4.11. The van der Waals surface area contributed by atoms with Crippen molar-refractivity contribution in [3.63, 3.8) is 0 Å². The Morgan fingerprint density at radius 1 is 1.40 bits per heavy atom. The average molecular weight is 237 g/mol. The molecule has 0 aliphatic heterocycles. The van der Waals surface area contributed by atoms with Gasteiger partial charge < -0.3 is 5.32 Å². The molecular formula is C10H11N3S2. The molecule has 15 heavy (non-hydrogen) atoms. The Hall–Kier alpha value is -0.910. The molecule has 0 radical (unpaired) electrons. The van der Waals surface area contributed by atoms with E-state index < -0.39 is 0 Å². The third kappa shape index (κ3) is 3.02. The minimum Gasteiger partial charge on any atom is -0.316 e. The van der Waals surface area contributed by atoms with Crippen LogP contribution in [0.5, 0.6) is 0 Å². The van der Waals surface area contributed by atoms with Crippen LogP contribution >= 0.6 is 23.1 Å². The van der Waals surface area contributed by atoms with Gasteiger partial charge in [-0.25, -0.2) is 9.97 Å². The standard InChI is InChI=1S/C10H11N3S2/c1-11-6-8-2-3-9(13-7-8)15-10-12-4-5-14-10/h2-5,7,11H,6H2,1H3. The van der Waals surface area contributed by atoms with E-state index in [-0.39, 0.29) is 0 Å². The van der Waals surface area contributed by atoms with Crippen molar-refractivity contribution >= 4 is 23.1 Å². The summed E-state index contributed by atoms with van der Waals surface area (Å²) in [7, 11) is 1.93.